The maximum Gasteiger partial charge on any atom is 0.253 e. The third-order valence-electron chi connectivity index (χ3n) is 4.57. The zero-order chi connectivity index (χ0) is 19.4. The fourth-order valence-electron chi connectivity index (χ4n) is 3.14. The van der Waals surface area contributed by atoms with Crippen molar-refractivity contribution in [1.82, 2.24) is 15.6 Å². The topological polar surface area (TPSA) is 101 Å². The highest BCUT2D eigenvalue weighted by atomic mass is 16.6. The molecule has 3 N–H and O–H groups in total. The number of pyridine rings is 1. The van der Waals surface area contributed by atoms with Gasteiger partial charge in [0.2, 0.25) is 5.91 Å². The van der Waals surface area contributed by atoms with Gasteiger partial charge in [-0.25, -0.2) is 0 Å². The Morgan fingerprint density at radius 3 is 2.81 bits per heavy atom. The van der Waals surface area contributed by atoms with Gasteiger partial charge in [0, 0.05) is 11.6 Å². The number of amides is 2. The summed E-state index contributed by atoms with van der Waals surface area (Å²) in [5, 5.41) is 16.2. The van der Waals surface area contributed by atoms with Crippen LogP contribution in [0.4, 0.5) is 0 Å². The first kappa shape index (κ1) is 19.3. The molecule has 0 bridgehead atoms. The second-order valence-electron chi connectivity index (χ2n) is 7.24. The van der Waals surface area contributed by atoms with Gasteiger partial charge in [0.25, 0.3) is 5.91 Å². The van der Waals surface area contributed by atoms with Gasteiger partial charge in [0.1, 0.15) is 6.04 Å². The SMILES string of the molecule is CC(C)C[C@H](NC(=O)c1cnc2ccccc2c1)C(=O)N[C@H]1CCOC1O. The van der Waals surface area contributed by atoms with E-state index in [4.69, 9.17) is 4.74 Å². The lowest BCUT2D eigenvalue weighted by Crippen LogP contribution is -2.51. The van der Waals surface area contributed by atoms with Crippen LogP contribution in [0.1, 0.15) is 37.0 Å². The van der Waals surface area contributed by atoms with Gasteiger partial charge in [-0.15, -0.1) is 0 Å². The molecule has 1 aliphatic rings. The molecular formula is C20H25N3O4. The molecule has 7 nitrogen and oxygen atoms in total. The molecule has 1 saturated heterocycles. The second-order valence-corrected chi connectivity index (χ2v) is 7.24. The first-order chi connectivity index (χ1) is 12.9. The number of fused-ring (bicyclic) bond motifs is 1. The Labute approximate surface area is 158 Å². The number of hydrogen-bond acceptors (Lipinski definition) is 5. The van der Waals surface area contributed by atoms with E-state index < -0.39 is 18.4 Å². The highest BCUT2D eigenvalue weighted by molar-refractivity contribution is 5.99. The van der Waals surface area contributed by atoms with E-state index in [-0.39, 0.29) is 17.7 Å². The van der Waals surface area contributed by atoms with Crippen molar-refractivity contribution < 1.29 is 19.4 Å². The maximum atomic E-state index is 12.7. The van der Waals surface area contributed by atoms with E-state index in [1.165, 1.54) is 6.20 Å². The molecule has 27 heavy (non-hydrogen) atoms. The molecule has 144 valence electrons. The first-order valence-electron chi connectivity index (χ1n) is 9.19. The summed E-state index contributed by atoms with van der Waals surface area (Å²) in [6.07, 6.45) is 1.54. The number of para-hydroxylation sites is 1. The van der Waals surface area contributed by atoms with E-state index in [0.29, 0.717) is 25.0 Å². The highest BCUT2D eigenvalue weighted by Gasteiger charge is 2.31. The summed E-state index contributed by atoms with van der Waals surface area (Å²) in [6.45, 7) is 4.37. The predicted octanol–water partition coefficient (Wildman–Crippen LogP) is 1.60. The van der Waals surface area contributed by atoms with E-state index >= 15 is 0 Å². The van der Waals surface area contributed by atoms with Gasteiger partial charge in [0.15, 0.2) is 6.29 Å². The van der Waals surface area contributed by atoms with E-state index in [9.17, 15) is 14.7 Å². The maximum absolute atomic E-state index is 12.7. The Bertz CT molecular complexity index is 824. The quantitative estimate of drug-likeness (QED) is 0.716. The van der Waals surface area contributed by atoms with Crippen LogP contribution in [0.15, 0.2) is 36.5 Å². The molecule has 7 heteroatoms. The molecule has 2 aromatic rings. The first-order valence-corrected chi connectivity index (χ1v) is 9.19. The normalized spacial score (nSPS) is 20.6. The van der Waals surface area contributed by atoms with Crippen LogP contribution in [0.3, 0.4) is 0 Å². The molecule has 1 fully saturated rings. The van der Waals surface area contributed by atoms with Gasteiger partial charge in [-0.05, 0) is 30.9 Å². The van der Waals surface area contributed by atoms with Gasteiger partial charge in [0.05, 0.1) is 23.7 Å². The van der Waals surface area contributed by atoms with Gasteiger partial charge in [-0.3, -0.25) is 14.6 Å². The molecule has 0 aliphatic carbocycles. The summed E-state index contributed by atoms with van der Waals surface area (Å²) >= 11 is 0. The lowest BCUT2D eigenvalue weighted by atomic mass is 10.0. The number of nitrogens with one attached hydrogen (secondary N) is 2. The van der Waals surface area contributed by atoms with Crippen molar-refractivity contribution >= 4 is 22.7 Å². The Kier molecular flexibility index (Phi) is 6.03. The Morgan fingerprint density at radius 1 is 1.33 bits per heavy atom. The Hall–Kier alpha value is -2.51. The number of benzene rings is 1. The average molecular weight is 371 g/mol. The third kappa shape index (κ3) is 4.81. The highest BCUT2D eigenvalue weighted by Crippen LogP contribution is 2.15. The van der Waals surface area contributed by atoms with Crippen molar-refractivity contribution in [2.45, 2.75) is 45.1 Å². The summed E-state index contributed by atoms with van der Waals surface area (Å²) in [7, 11) is 0. The van der Waals surface area contributed by atoms with Crippen LogP contribution >= 0.6 is 0 Å². The molecule has 1 aliphatic heterocycles. The average Bonchev–Trinajstić information content (AvgIpc) is 3.05. The van der Waals surface area contributed by atoms with Crippen LogP contribution < -0.4 is 10.6 Å². The predicted molar refractivity (Wildman–Crippen MR) is 101 cm³/mol. The number of hydrogen-bond donors (Lipinski definition) is 3. The molecule has 1 aromatic carbocycles. The van der Waals surface area contributed by atoms with Crippen LogP contribution in [0.5, 0.6) is 0 Å². The largest absolute Gasteiger partial charge is 0.366 e. The van der Waals surface area contributed by atoms with Crippen LogP contribution in [0.25, 0.3) is 10.9 Å². The van der Waals surface area contributed by atoms with Crippen molar-refractivity contribution in [3.63, 3.8) is 0 Å². The monoisotopic (exact) mass is 371 g/mol. The van der Waals surface area contributed by atoms with Crippen LogP contribution in [-0.4, -0.2) is 46.9 Å². The number of ether oxygens (including phenoxy) is 1. The van der Waals surface area contributed by atoms with E-state index in [1.807, 2.05) is 38.1 Å². The Balaban J connectivity index is 1.72. The van der Waals surface area contributed by atoms with Crippen LogP contribution in [-0.2, 0) is 9.53 Å². The van der Waals surface area contributed by atoms with E-state index in [0.717, 1.165) is 10.9 Å². The number of nitrogens with zero attached hydrogens (tertiary/aromatic N) is 1. The number of aliphatic hydroxyl groups is 1. The number of carbonyl (C=O) groups is 2. The fourth-order valence-corrected chi connectivity index (χ4v) is 3.14. The van der Waals surface area contributed by atoms with Gasteiger partial charge >= 0.3 is 0 Å². The molecule has 3 rings (SSSR count). The minimum absolute atomic E-state index is 0.209. The van der Waals surface area contributed by atoms with Crippen LogP contribution in [0.2, 0.25) is 0 Å². The summed E-state index contributed by atoms with van der Waals surface area (Å²) in [5.41, 5.74) is 1.21. The molecule has 2 amide bonds. The smallest absolute Gasteiger partial charge is 0.253 e. The summed E-state index contributed by atoms with van der Waals surface area (Å²) < 4.78 is 5.06. The summed E-state index contributed by atoms with van der Waals surface area (Å²) in [4.78, 5) is 29.6. The lowest BCUT2D eigenvalue weighted by molar-refractivity contribution is -0.127. The molecule has 0 saturated carbocycles. The molecule has 2 heterocycles. The fraction of sp³-hybridized carbons (Fsp3) is 0.450. The molecule has 3 atom stereocenters. The summed E-state index contributed by atoms with van der Waals surface area (Å²) in [6, 6.07) is 8.15. The number of rotatable bonds is 6. The van der Waals surface area contributed by atoms with Crippen LogP contribution in [0, 0.1) is 5.92 Å². The number of carbonyl (C=O) groups excluding carboxylic acids is 2. The zero-order valence-electron chi connectivity index (χ0n) is 15.5. The van der Waals surface area contributed by atoms with Crippen molar-refractivity contribution in [3.8, 4) is 0 Å². The zero-order valence-corrected chi connectivity index (χ0v) is 15.5. The van der Waals surface area contributed by atoms with Crippen molar-refractivity contribution in [3.05, 3.63) is 42.1 Å². The van der Waals surface area contributed by atoms with Crippen molar-refractivity contribution in [1.29, 1.82) is 0 Å². The molecule has 1 unspecified atom stereocenters. The molecule has 1 aromatic heterocycles. The third-order valence-corrected chi connectivity index (χ3v) is 4.57. The van der Waals surface area contributed by atoms with Gasteiger partial charge in [-0.2, -0.15) is 0 Å². The van der Waals surface area contributed by atoms with Gasteiger partial charge in [-0.1, -0.05) is 32.0 Å². The van der Waals surface area contributed by atoms with Crippen molar-refractivity contribution in [2.24, 2.45) is 5.92 Å². The molecular weight excluding hydrogens is 346 g/mol. The molecule has 0 spiro atoms. The second kappa shape index (κ2) is 8.45. The summed E-state index contributed by atoms with van der Waals surface area (Å²) in [5.74, 6) is -0.460. The van der Waals surface area contributed by atoms with E-state index in [1.54, 1.807) is 6.07 Å². The minimum Gasteiger partial charge on any atom is -0.366 e. The number of aliphatic hydroxyl groups excluding tert-OH is 1. The standard InChI is InChI=1S/C20H25N3O4/c1-12(2)9-17(19(25)22-16-7-8-27-20(16)26)23-18(24)14-10-13-5-3-4-6-15(13)21-11-14/h3-6,10-12,16-17,20,26H,7-9H2,1-2H3,(H,22,25)(H,23,24)/t16-,17-,20?/m0/s1. The van der Waals surface area contributed by atoms with E-state index in [2.05, 4.69) is 15.6 Å². The van der Waals surface area contributed by atoms with Crippen molar-refractivity contribution in [2.75, 3.05) is 6.61 Å². The lowest BCUT2D eigenvalue weighted by Gasteiger charge is -2.23. The minimum atomic E-state index is -1.01. The number of aromatic nitrogens is 1. The Morgan fingerprint density at radius 2 is 2.11 bits per heavy atom. The van der Waals surface area contributed by atoms with Gasteiger partial charge < -0.3 is 20.5 Å². The molecule has 0 radical (unpaired) electrons.